The lowest BCUT2D eigenvalue weighted by molar-refractivity contribution is -0.382. The zero-order valence-corrected chi connectivity index (χ0v) is 75.0. The number of rotatable bonds is 18. The van der Waals surface area contributed by atoms with E-state index in [1.165, 1.54) is 50.2 Å². The molecule has 64 heteroatoms. The van der Waals surface area contributed by atoms with Crippen molar-refractivity contribution in [2.45, 2.75) is 230 Å². The Kier molecular flexibility index (Phi) is 36.3. The molecule has 10 bridgehead atoms. The molecule has 10 fully saturated rings. The number of carbonyl (C=O) groups is 5. The average Bonchev–Trinajstić information content (AvgIpc) is 1.50. The molecule has 0 aliphatic heterocycles. The Morgan fingerprint density at radius 1 is 0.398 bits per heavy atom. The third-order valence-corrected chi connectivity index (χ3v) is 32.7. The lowest BCUT2D eigenvalue weighted by atomic mass is 9.67. The van der Waals surface area contributed by atoms with E-state index in [4.69, 9.17) is 22.9 Å². The first-order valence-electron chi connectivity index (χ1n) is 37.6. The Morgan fingerprint density at radius 2 is 0.759 bits per heavy atom. The number of carboxylic acid groups (broad SMARTS) is 2. The summed E-state index contributed by atoms with van der Waals surface area (Å²) in [5.74, 6) is -27.3. The van der Waals surface area contributed by atoms with Gasteiger partial charge < -0.3 is 56.2 Å². The number of aliphatic carboxylic acids is 1. The molecule has 0 saturated heterocycles. The van der Waals surface area contributed by atoms with Gasteiger partial charge in [-0.05, 0) is 158 Å². The first-order chi connectivity index (χ1) is 58.6. The molecule has 10 saturated carbocycles. The van der Waals surface area contributed by atoms with E-state index in [1.54, 1.807) is 38.1 Å². The summed E-state index contributed by atoms with van der Waals surface area (Å²) in [6.45, 7) is 10.2. The Labute approximate surface area is 742 Å². The molecule has 0 heterocycles. The van der Waals surface area contributed by atoms with Crippen LogP contribution >= 0.6 is 0 Å². The Hall–Kier alpha value is -6.08. The van der Waals surface area contributed by atoms with E-state index in [1.807, 2.05) is 13.8 Å². The van der Waals surface area contributed by atoms with Crippen molar-refractivity contribution in [1.29, 1.82) is 0 Å². The van der Waals surface area contributed by atoms with Crippen molar-refractivity contribution in [2.24, 2.45) is 85.8 Å². The molecule has 0 amide bonds. The van der Waals surface area contributed by atoms with Crippen LogP contribution in [0.2, 0.25) is 0 Å². The maximum Gasteiger partial charge on any atom is 0.485 e. The Balaban J connectivity index is 0.000000385. The van der Waals surface area contributed by atoms with Gasteiger partial charge in [0.1, 0.15) is 38.9 Å². The number of ketones is 3. The monoisotopic (exact) mass is 2130 g/mol. The number of hydrogen-bond donors (Lipinski definition) is 0. The van der Waals surface area contributed by atoms with Crippen molar-refractivity contribution >= 4 is 110 Å². The number of carboxylic acids is 2. The van der Waals surface area contributed by atoms with Crippen LogP contribution in [0.3, 0.4) is 0 Å². The minimum absolute atomic E-state index is 0.00940. The minimum Gasteiger partial charge on any atom is -0.748 e. The fourth-order valence-electron chi connectivity index (χ4n) is 18.4. The molecule has 0 N–H and O–H groups in total. The van der Waals surface area contributed by atoms with E-state index in [0.717, 1.165) is 25.7 Å². The van der Waals surface area contributed by atoms with Crippen LogP contribution in [0.1, 0.15) is 174 Å². The number of alkyl halides is 25. The van der Waals surface area contributed by atoms with Crippen LogP contribution < -0.4 is 10.2 Å². The van der Waals surface area contributed by atoms with E-state index >= 15 is 0 Å². The lowest BCUT2D eigenvalue weighted by Crippen LogP contribution is -2.63. The highest BCUT2D eigenvalue weighted by Crippen LogP contribution is 2.71. The molecule has 0 radical (unpaired) electrons. The summed E-state index contributed by atoms with van der Waals surface area (Å²) >= 11 is 0. The highest BCUT2D eigenvalue weighted by Gasteiger charge is 2.84. The van der Waals surface area contributed by atoms with E-state index in [9.17, 15) is 225 Å². The van der Waals surface area contributed by atoms with Gasteiger partial charge in [0.25, 0.3) is 0 Å². The molecule has 31 nitrogen and oxygen atoms in total. The van der Waals surface area contributed by atoms with Crippen LogP contribution in [0.25, 0.3) is 0 Å². The van der Waals surface area contributed by atoms with Gasteiger partial charge in [0.05, 0.1) is 26.7 Å². The smallest absolute Gasteiger partial charge is 0.485 e. The lowest BCUT2D eigenvalue weighted by Gasteiger charge is -2.42. The first-order valence-corrected chi connectivity index (χ1v) is 49.0. The van der Waals surface area contributed by atoms with Crippen LogP contribution in [0, 0.1) is 85.8 Å². The molecule has 12 rings (SSSR count). The number of halogens is 25. The van der Waals surface area contributed by atoms with Gasteiger partial charge in [-0.25, -0.2) is 67.3 Å². The zero-order chi connectivity index (χ0) is 105. The molecule has 2 aromatic rings. The average molecular weight is 2130 g/mol. The molecule has 0 spiro atoms. The second-order valence-corrected chi connectivity index (χ2v) is 45.5. The SMILES string of the molecule is CC1(C)C2CCC1(C(F)(F)S(=O)(=O)[O-])C(=O)C2.CC1(C)C2CCC1(CC(F)(F)S(=O)(=O)[O-])C(=O)C2.CC1(C)C2CCC1(CS(=O)(=O)[O-])C(=O)C2.O=C([O-])C(F)(F)F.O=C([O-])c1ccccc1.O=S(=O)([O-])C(F)(F)C(F)(F)C(F)(F)C(F)(F)F.O=S(=O)([O-])C(F)(F)C(F)(F)C1CC2CCC1C2.O=S(=O)([O-])C(F)(F)CC1CC2CCC1C2.O=S(=O)([O-])C(F)(F)F.O=S(=O)([O-])c1ccccc1. The minimum atomic E-state index is -7.43. The van der Waals surface area contributed by atoms with Gasteiger partial charge in [-0.15, -0.1) is 0 Å². The standard InChI is InChI=1S/C11H16F2O4S.C10H14F2O4S.C10H16O4S.C9H12F4O3S.C9H14F2O3S.C7H6O2.C6H6O3S.C4HF9O3S.C2HF3O2.CHF3O3S/c1-9(2)7-3-4-10(9,8(14)5-7)6-11(12,13)18(15,16)17;1-8(2)6-3-4-9(8,7(13)5-6)10(11,12)17(14,15)16;1-9(2)7-3-4-10(9,8(11)5-7)6-15(12,13)14;10-8(11,9(12,13)17(14,15)16)7-4-5-1-2-6(7)3-5;10-9(11,15(12,13)14)5-8-4-6-1-2-7(8)3-6;8-7(9)6-4-2-1-3-5-6;7-10(8,9)6-4-2-1-3-5-6;5-1(6,3(9,10)11)2(7,8)4(12,13)17(14,15)16;3-2(4,5)1(6)7;2-1(3,4)8(5,6)7/h7H,3-6H2,1-2H3,(H,15,16,17);6H,3-5H2,1-2H3,(H,14,15,16);7H,3-6H2,1-2H3,(H,12,13,14);5-7H,1-4H2,(H,14,15,16);6-8H,1-5H2,(H,12,13,14);1-5H,(H,8,9);1-5H,(H,7,8,9);(H,14,15,16);(H,6,7);(H,5,6,7)/p-10. The van der Waals surface area contributed by atoms with Crippen molar-refractivity contribution < 1.29 is 248 Å². The molecule has 10 aliphatic rings. The molecule has 12 unspecified atom stereocenters. The molecule has 2 aromatic carbocycles. The van der Waals surface area contributed by atoms with Crippen LogP contribution in [-0.2, 0) is 100 Å². The number of carbonyl (C=O) groups excluding carboxylic acids is 5. The van der Waals surface area contributed by atoms with Crippen molar-refractivity contribution in [3.05, 3.63) is 66.2 Å². The highest BCUT2D eigenvalue weighted by atomic mass is 32.3. The van der Waals surface area contributed by atoms with Gasteiger partial charge in [-0.3, -0.25) is 14.4 Å². The van der Waals surface area contributed by atoms with Crippen LogP contribution in [0.15, 0.2) is 65.6 Å². The van der Waals surface area contributed by atoms with Gasteiger partial charge in [-0.1, -0.05) is 103 Å². The van der Waals surface area contributed by atoms with Crippen molar-refractivity contribution in [3.8, 4) is 0 Å². The van der Waals surface area contributed by atoms with Crippen LogP contribution in [0.4, 0.5) is 110 Å². The van der Waals surface area contributed by atoms with Gasteiger partial charge in [0.2, 0.25) is 0 Å². The van der Waals surface area contributed by atoms with E-state index in [-0.39, 0.29) is 95.1 Å². The molecule has 12 atom stereocenters. The maximum absolute atomic E-state index is 13.9. The molecular weight excluding hydrogens is 2060 g/mol. The molecule has 772 valence electrons. The predicted molar refractivity (Wildman–Crippen MR) is 383 cm³/mol. The normalized spacial score (nSPS) is 27.2. The van der Waals surface area contributed by atoms with E-state index in [0.29, 0.717) is 57.3 Å². The third kappa shape index (κ3) is 25.6. The molecule has 133 heavy (non-hydrogen) atoms. The van der Waals surface area contributed by atoms with E-state index in [2.05, 4.69) is 0 Å². The number of fused-ring (bicyclic) bond motifs is 10. The molecular formula is C69H77F25O31S8-10. The fraction of sp³-hybridized carbons (Fsp3) is 0.754. The number of aromatic carboxylic acids is 1. The van der Waals surface area contributed by atoms with Gasteiger partial charge in [-0.2, -0.15) is 110 Å². The summed E-state index contributed by atoms with van der Waals surface area (Å²) in [4.78, 5) is 54.3. The fourth-order valence-corrected chi connectivity index (χ4v) is 22.8. The first kappa shape index (κ1) is 121. The summed E-state index contributed by atoms with van der Waals surface area (Å²) < 4.78 is 550. The van der Waals surface area contributed by atoms with Crippen molar-refractivity contribution in [3.63, 3.8) is 0 Å². The third-order valence-electron chi connectivity index (χ3n) is 25.9. The van der Waals surface area contributed by atoms with Gasteiger partial charge in [0, 0.05) is 48.9 Å². The van der Waals surface area contributed by atoms with Crippen molar-refractivity contribution in [1.82, 2.24) is 0 Å². The largest absolute Gasteiger partial charge is 0.748 e. The topological polar surface area (TPSA) is 589 Å². The Morgan fingerprint density at radius 3 is 1.01 bits per heavy atom. The number of hydrogen-bond acceptors (Lipinski definition) is 31. The van der Waals surface area contributed by atoms with Gasteiger partial charge in [0.15, 0.2) is 60.7 Å². The number of benzene rings is 2. The molecule has 0 aromatic heterocycles. The second-order valence-electron chi connectivity index (χ2n) is 34.1. The summed E-state index contributed by atoms with van der Waals surface area (Å²) in [6, 6.07) is 15.3. The van der Waals surface area contributed by atoms with Crippen LogP contribution in [-0.4, -0.2) is 201 Å². The van der Waals surface area contributed by atoms with Crippen molar-refractivity contribution in [2.75, 3.05) is 5.75 Å². The van der Waals surface area contributed by atoms with E-state index < -0.39 is 218 Å². The number of Topliss-reactive ketones (excluding diaryl/α,β-unsaturated/α-hetero) is 3. The Bertz CT molecular complexity index is 5510. The van der Waals surface area contributed by atoms with Gasteiger partial charge >= 0.3 is 61.9 Å². The predicted octanol–water partition coefficient (Wildman–Crippen LogP) is 10.5. The summed E-state index contributed by atoms with van der Waals surface area (Å²) in [7, 11) is -45.5. The summed E-state index contributed by atoms with van der Waals surface area (Å²) in [5, 5.41) is -6.74. The second kappa shape index (κ2) is 39.9. The summed E-state index contributed by atoms with van der Waals surface area (Å²) in [5.41, 5.74) is -12.2. The maximum atomic E-state index is 13.9. The molecule has 10 aliphatic carbocycles. The van der Waals surface area contributed by atoms with Crippen LogP contribution in [0.5, 0.6) is 0 Å². The highest BCUT2D eigenvalue weighted by molar-refractivity contribution is 7.88. The summed E-state index contributed by atoms with van der Waals surface area (Å²) in [6.07, 6.45) is -6.27. The quantitative estimate of drug-likeness (QED) is 0.0760. The zero-order valence-electron chi connectivity index (χ0n) is 68.5.